The lowest BCUT2D eigenvalue weighted by Gasteiger charge is -2.49. The average molecular weight is 357 g/mol. The van der Waals surface area contributed by atoms with E-state index in [1.807, 2.05) is 56.9 Å². The summed E-state index contributed by atoms with van der Waals surface area (Å²) in [5, 5.41) is 6.27. The highest BCUT2D eigenvalue weighted by atomic mass is 16.2. The molecule has 1 aromatic carbocycles. The van der Waals surface area contributed by atoms with Crippen LogP contribution in [0.3, 0.4) is 0 Å². The van der Waals surface area contributed by atoms with Crippen molar-refractivity contribution in [3.8, 4) is 0 Å². The number of carbonyl (C=O) groups excluding carboxylic acids is 2. The second-order valence-corrected chi connectivity index (χ2v) is 8.84. The fourth-order valence-electron chi connectivity index (χ4n) is 4.14. The van der Waals surface area contributed by atoms with Crippen LogP contribution in [-0.2, 0) is 4.79 Å². The van der Waals surface area contributed by atoms with Gasteiger partial charge in [0, 0.05) is 29.2 Å². The zero-order valence-corrected chi connectivity index (χ0v) is 16.3. The van der Waals surface area contributed by atoms with E-state index in [9.17, 15) is 9.59 Å². The van der Waals surface area contributed by atoms with Crippen molar-refractivity contribution in [2.45, 2.75) is 77.9 Å². The first-order chi connectivity index (χ1) is 12.2. The minimum Gasteiger partial charge on any atom is -0.353 e. The number of benzene rings is 1. The van der Waals surface area contributed by atoms with E-state index in [0.29, 0.717) is 0 Å². The highest BCUT2D eigenvalue weighted by molar-refractivity contribution is 5.90. The van der Waals surface area contributed by atoms with Crippen LogP contribution in [0.1, 0.15) is 58.4 Å². The summed E-state index contributed by atoms with van der Waals surface area (Å²) in [6.45, 7) is 7.84. The molecule has 3 amide bonds. The van der Waals surface area contributed by atoms with Crippen LogP contribution < -0.4 is 10.6 Å². The molecule has 3 rings (SSSR count). The van der Waals surface area contributed by atoms with Gasteiger partial charge >= 0.3 is 6.03 Å². The number of urea groups is 1. The molecular weight excluding hydrogens is 326 g/mol. The maximum absolute atomic E-state index is 12.9. The van der Waals surface area contributed by atoms with Crippen LogP contribution in [0, 0.1) is 12.3 Å². The van der Waals surface area contributed by atoms with Gasteiger partial charge in [0.1, 0.15) is 0 Å². The molecule has 5 nitrogen and oxygen atoms in total. The molecule has 0 radical (unpaired) electrons. The number of piperidine rings is 2. The molecular formula is C21H31N3O2. The summed E-state index contributed by atoms with van der Waals surface area (Å²) in [6.07, 6.45) is 4.88. The van der Waals surface area contributed by atoms with Crippen LogP contribution in [0.4, 0.5) is 10.5 Å². The first-order valence-electron chi connectivity index (χ1n) is 9.71. The van der Waals surface area contributed by atoms with E-state index < -0.39 is 0 Å². The molecule has 2 heterocycles. The molecule has 0 aromatic heterocycles. The number of hydrogen-bond donors (Lipinski definition) is 2. The van der Waals surface area contributed by atoms with E-state index in [-0.39, 0.29) is 35.5 Å². The number of carbonyl (C=O) groups is 2. The van der Waals surface area contributed by atoms with Crippen molar-refractivity contribution >= 4 is 17.6 Å². The van der Waals surface area contributed by atoms with E-state index in [1.54, 1.807) is 0 Å². The molecule has 2 saturated heterocycles. The lowest BCUT2D eigenvalue weighted by atomic mass is 9.81. The largest absolute Gasteiger partial charge is 0.353 e. The fraction of sp³-hybridized carbons (Fsp3) is 0.619. The fourth-order valence-corrected chi connectivity index (χ4v) is 4.14. The van der Waals surface area contributed by atoms with Gasteiger partial charge in [-0.25, -0.2) is 4.79 Å². The SMILES string of the molecule is Cc1cccc(NC(=O)N2[C@@H]3CCC[C@@H]2CC(NC(=O)C(C)(C)C)C3)c1. The molecule has 142 valence electrons. The van der Waals surface area contributed by atoms with E-state index in [4.69, 9.17) is 0 Å². The van der Waals surface area contributed by atoms with Gasteiger partial charge in [-0.3, -0.25) is 4.79 Å². The van der Waals surface area contributed by atoms with Gasteiger partial charge in [0.15, 0.2) is 0 Å². The molecule has 2 atom stereocenters. The van der Waals surface area contributed by atoms with E-state index >= 15 is 0 Å². The molecule has 2 fully saturated rings. The molecule has 1 aromatic rings. The Morgan fingerprint density at radius 3 is 2.35 bits per heavy atom. The Hall–Kier alpha value is -2.04. The third-order valence-corrected chi connectivity index (χ3v) is 5.49. The van der Waals surface area contributed by atoms with Crippen molar-refractivity contribution in [3.63, 3.8) is 0 Å². The van der Waals surface area contributed by atoms with Gasteiger partial charge in [0.2, 0.25) is 5.91 Å². The molecule has 26 heavy (non-hydrogen) atoms. The van der Waals surface area contributed by atoms with Crippen LogP contribution in [0.25, 0.3) is 0 Å². The second kappa shape index (κ2) is 7.29. The Morgan fingerprint density at radius 1 is 1.12 bits per heavy atom. The van der Waals surface area contributed by atoms with Crippen LogP contribution in [-0.4, -0.2) is 35.0 Å². The van der Waals surface area contributed by atoms with Crippen LogP contribution in [0.5, 0.6) is 0 Å². The third kappa shape index (κ3) is 4.19. The topological polar surface area (TPSA) is 61.4 Å². The van der Waals surface area contributed by atoms with Crippen LogP contribution in [0.2, 0.25) is 0 Å². The molecule has 2 N–H and O–H groups in total. The lowest BCUT2D eigenvalue weighted by molar-refractivity contribution is -0.129. The van der Waals surface area contributed by atoms with E-state index in [0.717, 1.165) is 43.4 Å². The number of aryl methyl sites for hydroxylation is 1. The van der Waals surface area contributed by atoms with Gasteiger partial charge in [0.05, 0.1) is 0 Å². The number of nitrogens with one attached hydrogen (secondary N) is 2. The van der Waals surface area contributed by atoms with Gasteiger partial charge in [-0.2, -0.15) is 0 Å². The van der Waals surface area contributed by atoms with Gasteiger partial charge in [-0.05, 0) is 56.7 Å². The summed E-state index contributed by atoms with van der Waals surface area (Å²) in [5.74, 6) is 0.0956. The Balaban J connectivity index is 1.67. The number of hydrogen-bond acceptors (Lipinski definition) is 2. The number of nitrogens with zero attached hydrogens (tertiary/aromatic N) is 1. The van der Waals surface area contributed by atoms with Crippen molar-refractivity contribution in [2.24, 2.45) is 5.41 Å². The van der Waals surface area contributed by atoms with Gasteiger partial charge < -0.3 is 15.5 Å². The number of fused-ring (bicyclic) bond motifs is 2. The van der Waals surface area contributed by atoms with E-state index in [2.05, 4.69) is 10.6 Å². The summed E-state index contributed by atoms with van der Waals surface area (Å²) < 4.78 is 0. The summed E-state index contributed by atoms with van der Waals surface area (Å²) in [7, 11) is 0. The zero-order chi connectivity index (χ0) is 18.9. The standard InChI is InChI=1S/C21H31N3O2/c1-14-7-5-8-15(11-14)23-20(26)24-17-9-6-10-18(24)13-16(12-17)22-19(25)21(2,3)4/h5,7-8,11,16-18H,6,9-10,12-13H2,1-4H3,(H,22,25)(H,23,26)/t17-,18-/m1/s1. The van der Waals surface area contributed by atoms with E-state index in [1.165, 1.54) is 0 Å². The maximum atomic E-state index is 12.9. The Morgan fingerprint density at radius 2 is 1.77 bits per heavy atom. The van der Waals surface area contributed by atoms with Crippen molar-refractivity contribution in [1.29, 1.82) is 0 Å². The van der Waals surface area contributed by atoms with Crippen molar-refractivity contribution < 1.29 is 9.59 Å². The monoisotopic (exact) mass is 357 g/mol. The lowest BCUT2D eigenvalue weighted by Crippen LogP contribution is -2.60. The Kier molecular flexibility index (Phi) is 5.26. The highest BCUT2D eigenvalue weighted by Gasteiger charge is 2.41. The first-order valence-corrected chi connectivity index (χ1v) is 9.71. The molecule has 0 saturated carbocycles. The molecule has 2 aliphatic heterocycles. The summed E-state index contributed by atoms with van der Waals surface area (Å²) in [6, 6.07) is 8.47. The van der Waals surface area contributed by atoms with Crippen molar-refractivity contribution in [1.82, 2.24) is 10.2 Å². The van der Waals surface area contributed by atoms with Crippen LogP contribution in [0.15, 0.2) is 24.3 Å². The minimum absolute atomic E-state index is 0.00843. The van der Waals surface area contributed by atoms with Gasteiger partial charge in [-0.1, -0.05) is 32.9 Å². The van der Waals surface area contributed by atoms with Crippen molar-refractivity contribution in [2.75, 3.05) is 5.32 Å². The molecule has 0 aliphatic carbocycles. The Bertz CT molecular complexity index is 666. The average Bonchev–Trinajstić information content (AvgIpc) is 2.53. The highest BCUT2D eigenvalue weighted by Crippen LogP contribution is 2.35. The van der Waals surface area contributed by atoms with Gasteiger partial charge in [0.25, 0.3) is 0 Å². The summed E-state index contributed by atoms with van der Waals surface area (Å²) in [4.78, 5) is 27.3. The normalized spacial score (nSPS) is 25.5. The quantitative estimate of drug-likeness (QED) is 0.838. The number of amides is 3. The number of rotatable bonds is 2. The van der Waals surface area contributed by atoms with Crippen molar-refractivity contribution in [3.05, 3.63) is 29.8 Å². The first kappa shape index (κ1) is 18.7. The predicted octanol–water partition coefficient (Wildman–Crippen LogP) is 4.07. The molecule has 5 heteroatoms. The molecule has 0 unspecified atom stereocenters. The minimum atomic E-state index is -0.380. The van der Waals surface area contributed by atoms with Gasteiger partial charge in [-0.15, -0.1) is 0 Å². The Labute approximate surface area is 156 Å². The predicted molar refractivity (Wildman–Crippen MR) is 104 cm³/mol. The zero-order valence-electron chi connectivity index (χ0n) is 16.3. The molecule has 2 aliphatic rings. The second-order valence-electron chi connectivity index (χ2n) is 8.84. The third-order valence-electron chi connectivity index (χ3n) is 5.49. The number of anilines is 1. The molecule has 0 spiro atoms. The molecule has 2 bridgehead atoms. The summed E-state index contributed by atoms with van der Waals surface area (Å²) in [5.41, 5.74) is 1.59. The van der Waals surface area contributed by atoms with Crippen LogP contribution >= 0.6 is 0 Å². The smallest absolute Gasteiger partial charge is 0.322 e. The summed E-state index contributed by atoms with van der Waals surface area (Å²) >= 11 is 0. The maximum Gasteiger partial charge on any atom is 0.322 e.